The van der Waals surface area contributed by atoms with Crippen molar-refractivity contribution in [2.24, 2.45) is 0 Å². The summed E-state index contributed by atoms with van der Waals surface area (Å²) in [5, 5.41) is 0. The molecule has 0 saturated heterocycles. The molecule has 1 rings (SSSR count). The SMILES string of the molecule is C1CC1.[LiH]. The molecule has 0 aromatic heterocycles. The van der Waals surface area contributed by atoms with Crippen molar-refractivity contribution in [2.75, 3.05) is 0 Å². The molecule has 0 unspecified atom stereocenters. The molecule has 1 fully saturated rings. The van der Waals surface area contributed by atoms with E-state index in [1.165, 1.54) is 19.3 Å². The molecule has 1 aliphatic rings. The van der Waals surface area contributed by atoms with Gasteiger partial charge in [0.25, 0.3) is 0 Å². The summed E-state index contributed by atoms with van der Waals surface area (Å²) in [6, 6.07) is 0. The summed E-state index contributed by atoms with van der Waals surface area (Å²) in [5.74, 6) is 0. The predicted molar refractivity (Wildman–Crippen MR) is 21.0 cm³/mol. The van der Waals surface area contributed by atoms with Gasteiger partial charge in [-0.05, 0) is 0 Å². The Morgan fingerprint density at radius 3 is 1.00 bits per heavy atom. The Morgan fingerprint density at radius 2 is 1.00 bits per heavy atom. The first kappa shape index (κ1) is 4.60. The van der Waals surface area contributed by atoms with Crippen molar-refractivity contribution in [1.29, 1.82) is 0 Å². The maximum atomic E-state index is 1.50. The number of hydrogen-bond donors (Lipinski definition) is 0. The molecule has 0 atom stereocenters. The molecule has 1 aliphatic carbocycles. The Bertz CT molecular complexity index is 8.00. The van der Waals surface area contributed by atoms with Crippen LogP contribution < -0.4 is 0 Å². The average Bonchev–Trinajstić information content (AvgIpc) is 1.46. The maximum absolute atomic E-state index is 1.50. The second-order valence-corrected chi connectivity index (χ2v) is 1.06. The van der Waals surface area contributed by atoms with Crippen molar-refractivity contribution in [3.63, 3.8) is 0 Å². The van der Waals surface area contributed by atoms with Gasteiger partial charge >= 0.3 is 18.9 Å². The van der Waals surface area contributed by atoms with E-state index >= 15 is 0 Å². The molecule has 1 heteroatoms. The van der Waals surface area contributed by atoms with Crippen LogP contribution in [0.15, 0.2) is 0 Å². The van der Waals surface area contributed by atoms with Crippen molar-refractivity contribution < 1.29 is 0 Å². The van der Waals surface area contributed by atoms with E-state index in [4.69, 9.17) is 0 Å². The average molecular weight is 50.0 g/mol. The van der Waals surface area contributed by atoms with Crippen molar-refractivity contribution in [1.82, 2.24) is 0 Å². The molecule has 0 spiro atoms. The van der Waals surface area contributed by atoms with Gasteiger partial charge in [-0.2, -0.15) is 0 Å². The van der Waals surface area contributed by atoms with E-state index < -0.39 is 0 Å². The third-order valence-corrected chi connectivity index (χ3v) is 0.354. The van der Waals surface area contributed by atoms with Crippen LogP contribution >= 0.6 is 0 Å². The number of hydrogen-bond acceptors (Lipinski definition) is 0. The zero-order valence-corrected chi connectivity index (χ0v) is 2.12. The Balaban J connectivity index is 0.0000000900. The van der Waals surface area contributed by atoms with Gasteiger partial charge in [0.1, 0.15) is 0 Å². The molecule has 0 radical (unpaired) electrons. The van der Waals surface area contributed by atoms with Gasteiger partial charge in [-0.3, -0.25) is 0 Å². The van der Waals surface area contributed by atoms with E-state index in [9.17, 15) is 0 Å². The molecule has 0 aromatic carbocycles. The van der Waals surface area contributed by atoms with Crippen LogP contribution in [0.5, 0.6) is 0 Å². The topological polar surface area (TPSA) is 0 Å². The first-order valence-corrected chi connectivity index (χ1v) is 1.50. The fourth-order valence-electron chi connectivity index (χ4n) is 0. The van der Waals surface area contributed by atoms with E-state index in [2.05, 4.69) is 0 Å². The van der Waals surface area contributed by atoms with E-state index in [1.807, 2.05) is 0 Å². The number of rotatable bonds is 0. The monoisotopic (exact) mass is 50.1 g/mol. The molecule has 0 aliphatic heterocycles. The van der Waals surface area contributed by atoms with Crippen molar-refractivity contribution in [2.45, 2.75) is 19.3 Å². The van der Waals surface area contributed by atoms with Gasteiger partial charge in [0.15, 0.2) is 0 Å². The summed E-state index contributed by atoms with van der Waals surface area (Å²) < 4.78 is 0. The van der Waals surface area contributed by atoms with Crippen LogP contribution in [0.4, 0.5) is 0 Å². The molecule has 0 N–H and O–H groups in total. The van der Waals surface area contributed by atoms with Crippen LogP contribution in [0.25, 0.3) is 0 Å². The third kappa shape index (κ3) is 2.60. The zero-order chi connectivity index (χ0) is 2.12. The Kier molecular flexibility index (Phi) is 2.16. The first-order chi connectivity index (χ1) is 1.50. The van der Waals surface area contributed by atoms with Crippen LogP contribution in [0.2, 0.25) is 0 Å². The third-order valence-electron chi connectivity index (χ3n) is 0.354. The fraction of sp³-hybridized carbons (Fsp3) is 1.00. The quantitative estimate of drug-likeness (QED) is 0.351. The molecule has 1 saturated carbocycles. The Morgan fingerprint density at radius 1 is 0.750 bits per heavy atom. The minimum atomic E-state index is 0. The van der Waals surface area contributed by atoms with Crippen LogP contribution in [0.1, 0.15) is 19.3 Å². The van der Waals surface area contributed by atoms with Crippen LogP contribution in [0.3, 0.4) is 0 Å². The zero-order valence-electron chi connectivity index (χ0n) is 2.12. The molecule has 0 bridgehead atoms. The van der Waals surface area contributed by atoms with Gasteiger partial charge in [-0.15, -0.1) is 0 Å². The predicted octanol–water partition coefficient (Wildman–Crippen LogP) is 0.522. The summed E-state index contributed by atoms with van der Waals surface area (Å²) >= 11 is 0. The van der Waals surface area contributed by atoms with Crippen LogP contribution in [-0.4, -0.2) is 18.9 Å². The van der Waals surface area contributed by atoms with Crippen molar-refractivity contribution >= 4 is 18.9 Å². The Hall–Kier alpha value is 0.597. The molecule has 20 valence electrons. The molecular formula is C3H7Li. The first-order valence-electron chi connectivity index (χ1n) is 1.50. The summed E-state index contributed by atoms with van der Waals surface area (Å²) in [5.41, 5.74) is 0. The molecule has 0 heterocycles. The van der Waals surface area contributed by atoms with E-state index in [1.54, 1.807) is 0 Å². The molecular weight excluding hydrogens is 43.0 g/mol. The fourth-order valence-corrected chi connectivity index (χ4v) is 0. The van der Waals surface area contributed by atoms with Gasteiger partial charge in [-0.25, -0.2) is 0 Å². The standard InChI is InChI=1S/C3H6.Li.H/c1-2-3-1;;/h1-3H2;;. The molecule has 0 amide bonds. The van der Waals surface area contributed by atoms with Gasteiger partial charge in [0.05, 0.1) is 0 Å². The molecule has 4 heavy (non-hydrogen) atoms. The second-order valence-electron chi connectivity index (χ2n) is 1.06. The van der Waals surface area contributed by atoms with Gasteiger partial charge in [0.2, 0.25) is 0 Å². The van der Waals surface area contributed by atoms with Crippen LogP contribution in [-0.2, 0) is 0 Å². The van der Waals surface area contributed by atoms with Gasteiger partial charge in [-0.1, -0.05) is 19.3 Å². The van der Waals surface area contributed by atoms with E-state index in [0.717, 1.165) is 0 Å². The summed E-state index contributed by atoms with van der Waals surface area (Å²) in [6.07, 6.45) is 4.50. The Labute approximate surface area is 38.8 Å². The van der Waals surface area contributed by atoms with Crippen molar-refractivity contribution in [3.05, 3.63) is 0 Å². The van der Waals surface area contributed by atoms with E-state index in [0.29, 0.717) is 0 Å². The van der Waals surface area contributed by atoms with Crippen molar-refractivity contribution in [3.8, 4) is 0 Å². The van der Waals surface area contributed by atoms with E-state index in [-0.39, 0.29) is 18.9 Å². The second kappa shape index (κ2) is 1.88. The summed E-state index contributed by atoms with van der Waals surface area (Å²) in [4.78, 5) is 0. The minimum absolute atomic E-state index is 0. The summed E-state index contributed by atoms with van der Waals surface area (Å²) in [7, 11) is 0. The molecule has 0 aromatic rings. The van der Waals surface area contributed by atoms with Crippen LogP contribution in [0, 0.1) is 0 Å². The molecule has 0 nitrogen and oxygen atoms in total. The van der Waals surface area contributed by atoms with Gasteiger partial charge < -0.3 is 0 Å². The summed E-state index contributed by atoms with van der Waals surface area (Å²) in [6.45, 7) is 0. The van der Waals surface area contributed by atoms with Gasteiger partial charge in [0, 0.05) is 0 Å². The normalized spacial score (nSPS) is 18.0.